The zero-order valence-electron chi connectivity index (χ0n) is 10.7. The normalized spacial score (nSPS) is 15.0. The van der Waals surface area contributed by atoms with E-state index in [1.165, 1.54) is 19.1 Å². The van der Waals surface area contributed by atoms with Gasteiger partial charge in [-0.1, -0.05) is 25.1 Å². The van der Waals surface area contributed by atoms with Crippen LogP contribution in [0, 0.1) is 0 Å². The molecule has 0 saturated heterocycles. The van der Waals surface area contributed by atoms with E-state index in [1.54, 1.807) is 6.92 Å². The Morgan fingerprint density at radius 1 is 1.37 bits per heavy atom. The van der Waals surface area contributed by atoms with Crippen LogP contribution >= 0.6 is 0 Å². The maximum atomic E-state index is 12.5. The standard InChI is InChI=1S/C13H16F3NO2/c1-3-12(2,11(18)19)17-8-9-5-4-6-10(7-9)13(14,15)16/h4-7,17H,3,8H2,1-2H3,(H,18,19). The molecule has 0 fully saturated rings. The second-order valence-electron chi connectivity index (χ2n) is 4.54. The number of carbonyl (C=O) groups is 1. The maximum absolute atomic E-state index is 12.5. The Morgan fingerprint density at radius 2 is 2.00 bits per heavy atom. The third-order valence-corrected chi connectivity index (χ3v) is 3.12. The fraction of sp³-hybridized carbons (Fsp3) is 0.462. The molecule has 0 aliphatic heterocycles. The van der Waals surface area contributed by atoms with Crippen molar-refractivity contribution in [2.45, 2.75) is 38.5 Å². The number of carboxylic acids is 1. The van der Waals surface area contributed by atoms with Gasteiger partial charge in [0.25, 0.3) is 0 Å². The van der Waals surface area contributed by atoms with Crippen molar-refractivity contribution < 1.29 is 23.1 Å². The fourth-order valence-electron chi connectivity index (χ4n) is 1.51. The topological polar surface area (TPSA) is 49.3 Å². The van der Waals surface area contributed by atoms with Crippen molar-refractivity contribution in [3.05, 3.63) is 35.4 Å². The van der Waals surface area contributed by atoms with Crippen molar-refractivity contribution in [2.75, 3.05) is 0 Å². The molecule has 0 heterocycles. The smallest absolute Gasteiger partial charge is 0.416 e. The van der Waals surface area contributed by atoms with Gasteiger partial charge in [-0.2, -0.15) is 13.2 Å². The second-order valence-corrected chi connectivity index (χ2v) is 4.54. The lowest BCUT2D eigenvalue weighted by Gasteiger charge is -2.24. The van der Waals surface area contributed by atoms with Crippen LogP contribution in [-0.2, 0) is 17.5 Å². The average molecular weight is 275 g/mol. The van der Waals surface area contributed by atoms with E-state index in [0.717, 1.165) is 12.1 Å². The first kappa shape index (κ1) is 15.5. The summed E-state index contributed by atoms with van der Waals surface area (Å²) in [6.45, 7) is 3.27. The van der Waals surface area contributed by atoms with E-state index in [0.29, 0.717) is 12.0 Å². The van der Waals surface area contributed by atoms with Gasteiger partial charge in [-0.25, -0.2) is 0 Å². The molecule has 6 heteroatoms. The molecule has 1 aromatic carbocycles. The number of nitrogens with one attached hydrogen (secondary N) is 1. The van der Waals surface area contributed by atoms with Crippen molar-refractivity contribution in [2.24, 2.45) is 0 Å². The molecule has 0 aliphatic rings. The first-order chi connectivity index (χ1) is 8.69. The minimum Gasteiger partial charge on any atom is -0.480 e. The zero-order valence-corrected chi connectivity index (χ0v) is 10.7. The molecule has 2 N–H and O–H groups in total. The second kappa shape index (κ2) is 5.61. The van der Waals surface area contributed by atoms with Crippen molar-refractivity contribution in [1.29, 1.82) is 0 Å². The van der Waals surface area contributed by atoms with Crippen LogP contribution in [0.4, 0.5) is 13.2 Å². The monoisotopic (exact) mass is 275 g/mol. The first-order valence-electron chi connectivity index (χ1n) is 5.83. The molecular weight excluding hydrogens is 259 g/mol. The fourth-order valence-corrected chi connectivity index (χ4v) is 1.51. The summed E-state index contributed by atoms with van der Waals surface area (Å²) in [5.74, 6) is -1.03. The highest BCUT2D eigenvalue weighted by molar-refractivity contribution is 5.78. The largest absolute Gasteiger partial charge is 0.480 e. The molecule has 0 amide bonds. The summed E-state index contributed by atoms with van der Waals surface area (Å²) < 4.78 is 37.6. The van der Waals surface area contributed by atoms with Gasteiger partial charge in [0.2, 0.25) is 0 Å². The molecule has 19 heavy (non-hydrogen) atoms. The Kier molecular flexibility index (Phi) is 4.57. The van der Waals surface area contributed by atoms with Crippen LogP contribution in [0.3, 0.4) is 0 Å². The van der Waals surface area contributed by atoms with Gasteiger partial charge < -0.3 is 5.11 Å². The number of halogens is 3. The molecule has 0 spiro atoms. The zero-order chi connectivity index (χ0) is 14.7. The summed E-state index contributed by atoms with van der Waals surface area (Å²) in [6.07, 6.45) is -4.06. The van der Waals surface area contributed by atoms with Crippen LogP contribution in [0.5, 0.6) is 0 Å². The maximum Gasteiger partial charge on any atom is 0.416 e. The minimum absolute atomic E-state index is 0.0700. The van der Waals surface area contributed by atoms with Gasteiger partial charge in [0.15, 0.2) is 0 Å². The van der Waals surface area contributed by atoms with E-state index >= 15 is 0 Å². The van der Waals surface area contributed by atoms with Gasteiger partial charge in [0.05, 0.1) is 5.56 Å². The highest BCUT2D eigenvalue weighted by Crippen LogP contribution is 2.29. The van der Waals surface area contributed by atoms with E-state index < -0.39 is 23.2 Å². The Balaban J connectivity index is 2.82. The van der Waals surface area contributed by atoms with Gasteiger partial charge in [-0.3, -0.25) is 10.1 Å². The van der Waals surface area contributed by atoms with Gasteiger partial charge in [-0.15, -0.1) is 0 Å². The first-order valence-corrected chi connectivity index (χ1v) is 5.83. The molecule has 0 aliphatic carbocycles. The van der Waals surface area contributed by atoms with Crippen molar-refractivity contribution >= 4 is 5.97 Å². The van der Waals surface area contributed by atoms with Crippen molar-refractivity contribution in [3.8, 4) is 0 Å². The Morgan fingerprint density at radius 3 is 2.47 bits per heavy atom. The Bertz CT molecular complexity index is 459. The van der Waals surface area contributed by atoms with Gasteiger partial charge in [0.1, 0.15) is 5.54 Å². The van der Waals surface area contributed by atoms with Crippen LogP contribution in [0.15, 0.2) is 24.3 Å². The molecule has 0 radical (unpaired) electrons. The number of rotatable bonds is 5. The highest BCUT2D eigenvalue weighted by Gasteiger charge is 2.32. The highest BCUT2D eigenvalue weighted by atomic mass is 19.4. The lowest BCUT2D eigenvalue weighted by atomic mass is 9.98. The van der Waals surface area contributed by atoms with E-state index in [4.69, 9.17) is 5.11 Å². The third-order valence-electron chi connectivity index (χ3n) is 3.12. The van der Waals surface area contributed by atoms with Crippen LogP contribution in [-0.4, -0.2) is 16.6 Å². The molecule has 106 valence electrons. The van der Waals surface area contributed by atoms with Crippen LogP contribution in [0.2, 0.25) is 0 Å². The Hall–Kier alpha value is -1.56. The quantitative estimate of drug-likeness (QED) is 0.868. The molecule has 1 rings (SSSR count). The Labute approximate surface area is 109 Å². The molecule has 1 atom stereocenters. The molecule has 1 aromatic rings. The predicted molar refractivity (Wildman–Crippen MR) is 64.6 cm³/mol. The lowest BCUT2D eigenvalue weighted by molar-refractivity contribution is -0.144. The van der Waals surface area contributed by atoms with E-state index in [9.17, 15) is 18.0 Å². The average Bonchev–Trinajstić information content (AvgIpc) is 2.35. The number of benzene rings is 1. The van der Waals surface area contributed by atoms with Crippen LogP contribution < -0.4 is 5.32 Å². The van der Waals surface area contributed by atoms with Gasteiger partial charge in [-0.05, 0) is 25.0 Å². The number of aliphatic carboxylic acids is 1. The van der Waals surface area contributed by atoms with Crippen molar-refractivity contribution in [1.82, 2.24) is 5.32 Å². The summed E-state index contributed by atoms with van der Waals surface area (Å²) in [6, 6.07) is 4.84. The molecule has 3 nitrogen and oxygen atoms in total. The van der Waals surface area contributed by atoms with Gasteiger partial charge in [0, 0.05) is 6.54 Å². The number of alkyl halides is 3. The summed E-state index contributed by atoms with van der Waals surface area (Å²) in [5.41, 5.74) is -1.48. The molecule has 0 bridgehead atoms. The van der Waals surface area contributed by atoms with E-state index in [1.807, 2.05) is 0 Å². The van der Waals surface area contributed by atoms with Crippen molar-refractivity contribution in [3.63, 3.8) is 0 Å². The summed E-state index contributed by atoms with van der Waals surface area (Å²) in [7, 11) is 0. The predicted octanol–water partition coefficient (Wildman–Crippen LogP) is 3.05. The summed E-state index contributed by atoms with van der Waals surface area (Å²) in [4.78, 5) is 11.1. The van der Waals surface area contributed by atoms with Gasteiger partial charge >= 0.3 is 12.1 Å². The summed E-state index contributed by atoms with van der Waals surface area (Å²) >= 11 is 0. The third kappa shape index (κ3) is 3.96. The number of hydrogen-bond acceptors (Lipinski definition) is 2. The lowest BCUT2D eigenvalue weighted by Crippen LogP contribution is -2.48. The SMILES string of the molecule is CCC(C)(NCc1cccc(C(F)(F)F)c1)C(=O)O. The van der Waals surface area contributed by atoms with E-state index in [2.05, 4.69) is 5.32 Å². The number of hydrogen-bond donors (Lipinski definition) is 2. The van der Waals surface area contributed by atoms with Crippen LogP contribution in [0.1, 0.15) is 31.4 Å². The van der Waals surface area contributed by atoms with Crippen LogP contribution in [0.25, 0.3) is 0 Å². The van der Waals surface area contributed by atoms with E-state index in [-0.39, 0.29) is 6.54 Å². The number of carboxylic acid groups (broad SMARTS) is 1. The summed E-state index contributed by atoms with van der Waals surface area (Å²) in [5, 5.41) is 11.8. The molecule has 0 aromatic heterocycles. The molecular formula is C13H16F3NO2. The minimum atomic E-state index is -4.39. The molecule has 0 saturated carbocycles. The molecule has 1 unspecified atom stereocenters.